The number of benzene rings is 2. The van der Waals surface area contributed by atoms with Crippen LogP contribution in [0.25, 0.3) is 22.4 Å². The van der Waals surface area contributed by atoms with E-state index in [1.54, 1.807) is 6.07 Å². The van der Waals surface area contributed by atoms with Crippen LogP contribution in [0.2, 0.25) is 0 Å². The predicted octanol–water partition coefficient (Wildman–Crippen LogP) is 3.21. The largest absolute Gasteiger partial charge is 0.364 e. The molecule has 0 aliphatic rings. The highest BCUT2D eigenvalue weighted by molar-refractivity contribution is 5.94. The average Bonchev–Trinajstić information content (AvgIpc) is 3.10. The van der Waals surface area contributed by atoms with Gasteiger partial charge in [0.15, 0.2) is 0 Å². The maximum atomic E-state index is 11.5. The summed E-state index contributed by atoms with van der Waals surface area (Å²) in [5, 5.41) is 6.80. The van der Waals surface area contributed by atoms with Gasteiger partial charge in [0.25, 0.3) is 0 Å². The number of aromatic nitrogens is 1. The lowest BCUT2D eigenvalue weighted by atomic mass is 9.94. The summed E-state index contributed by atoms with van der Waals surface area (Å²) < 4.78 is 4.97. The van der Waals surface area contributed by atoms with Crippen molar-refractivity contribution >= 4 is 11.6 Å². The molecule has 2 aromatic carbocycles. The zero-order valence-corrected chi connectivity index (χ0v) is 12.7. The molecular weight excluding hydrogens is 290 g/mol. The van der Waals surface area contributed by atoms with Gasteiger partial charge < -0.3 is 15.6 Å². The quantitative estimate of drug-likeness (QED) is 0.775. The van der Waals surface area contributed by atoms with Crippen molar-refractivity contribution in [3.63, 3.8) is 0 Å². The SMILES string of the molecule is Cc1ccccc1-c1ccc(NC(=O)CN)cc1-c1ccon1. The fraction of sp³-hybridized carbons (Fsp3) is 0.111. The molecule has 0 bridgehead atoms. The van der Waals surface area contributed by atoms with E-state index in [2.05, 4.69) is 29.5 Å². The summed E-state index contributed by atoms with van der Waals surface area (Å²) in [5.74, 6) is -0.236. The van der Waals surface area contributed by atoms with Crippen LogP contribution in [0.4, 0.5) is 5.69 Å². The number of hydrogen-bond acceptors (Lipinski definition) is 4. The molecule has 116 valence electrons. The van der Waals surface area contributed by atoms with Crippen molar-refractivity contribution in [3.8, 4) is 22.4 Å². The molecule has 0 aliphatic carbocycles. The fourth-order valence-electron chi connectivity index (χ4n) is 2.51. The van der Waals surface area contributed by atoms with E-state index in [9.17, 15) is 4.79 Å². The van der Waals surface area contributed by atoms with Gasteiger partial charge in [-0.05, 0) is 35.7 Å². The number of carbonyl (C=O) groups is 1. The summed E-state index contributed by atoms with van der Waals surface area (Å²) in [5.41, 5.74) is 10.9. The fourth-order valence-corrected chi connectivity index (χ4v) is 2.51. The molecule has 1 aromatic heterocycles. The van der Waals surface area contributed by atoms with Gasteiger partial charge in [0.05, 0.1) is 6.54 Å². The van der Waals surface area contributed by atoms with E-state index in [4.69, 9.17) is 10.3 Å². The number of anilines is 1. The highest BCUT2D eigenvalue weighted by Gasteiger charge is 2.13. The number of amides is 1. The maximum Gasteiger partial charge on any atom is 0.238 e. The second-order valence-corrected chi connectivity index (χ2v) is 5.21. The highest BCUT2D eigenvalue weighted by Crippen LogP contribution is 2.35. The minimum atomic E-state index is -0.236. The third-order valence-electron chi connectivity index (χ3n) is 3.64. The molecule has 0 saturated carbocycles. The Morgan fingerprint density at radius 1 is 1.13 bits per heavy atom. The molecule has 3 rings (SSSR count). The van der Waals surface area contributed by atoms with Crippen LogP contribution in [0.1, 0.15) is 5.56 Å². The van der Waals surface area contributed by atoms with Gasteiger partial charge in [0, 0.05) is 17.3 Å². The highest BCUT2D eigenvalue weighted by atomic mass is 16.5. The van der Waals surface area contributed by atoms with Gasteiger partial charge in [-0.15, -0.1) is 0 Å². The Bertz CT molecular complexity index is 826. The first-order chi connectivity index (χ1) is 11.2. The summed E-state index contributed by atoms with van der Waals surface area (Å²) >= 11 is 0. The van der Waals surface area contributed by atoms with Crippen LogP contribution >= 0.6 is 0 Å². The first-order valence-corrected chi connectivity index (χ1v) is 7.30. The van der Waals surface area contributed by atoms with Crippen LogP contribution in [0.5, 0.6) is 0 Å². The Labute approximate surface area is 134 Å². The van der Waals surface area contributed by atoms with Gasteiger partial charge in [-0.1, -0.05) is 35.5 Å². The molecule has 0 unspecified atom stereocenters. The van der Waals surface area contributed by atoms with Crippen LogP contribution in [0.15, 0.2) is 59.3 Å². The second kappa shape index (κ2) is 6.46. The molecular formula is C18H17N3O2. The van der Waals surface area contributed by atoms with Gasteiger partial charge in [-0.25, -0.2) is 0 Å². The molecule has 3 N–H and O–H groups in total. The first kappa shape index (κ1) is 15.0. The van der Waals surface area contributed by atoms with E-state index in [1.807, 2.05) is 30.3 Å². The lowest BCUT2D eigenvalue weighted by molar-refractivity contribution is -0.114. The van der Waals surface area contributed by atoms with Crippen LogP contribution in [0.3, 0.4) is 0 Å². The van der Waals surface area contributed by atoms with E-state index < -0.39 is 0 Å². The summed E-state index contributed by atoms with van der Waals surface area (Å²) in [6.45, 7) is 2.00. The minimum Gasteiger partial charge on any atom is -0.364 e. The molecule has 0 spiro atoms. The standard InChI is InChI=1S/C18H17N3O2/c1-12-4-2-3-5-14(12)15-7-6-13(20-18(22)11-19)10-16(15)17-8-9-23-21-17/h2-10H,11,19H2,1H3,(H,20,22). The molecule has 5 heteroatoms. The van der Waals surface area contributed by atoms with Gasteiger partial charge >= 0.3 is 0 Å². The number of hydrogen-bond donors (Lipinski definition) is 2. The molecule has 0 atom stereocenters. The van der Waals surface area contributed by atoms with Gasteiger partial charge in [0.1, 0.15) is 12.0 Å². The molecule has 0 saturated heterocycles. The molecule has 0 aliphatic heterocycles. The lowest BCUT2D eigenvalue weighted by Gasteiger charge is -2.13. The van der Waals surface area contributed by atoms with E-state index in [-0.39, 0.29) is 12.5 Å². The summed E-state index contributed by atoms with van der Waals surface area (Å²) in [6.07, 6.45) is 1.53. The van der Waals surface area contributed by atoms with Gasteiger partial charge in [-0.2, -0.15) is 0 Å². The zero-order chi connectivity index (χ0) is 16.2. The van der Waals surface area contributed by atoms with Crippen molar-refractivity contribution in [1.29, 1.82) is 0 Å². The number of aryl methyl sites for hydroxylation is 1. The Morgan fingerprint density at radius 2 is 1.96 bits per heavy atom. The monoisotopic (exact) mass is 307 g/mol. The third kappa shape index (κ3) is 3.14. The summed E-state index contributed by atoms with van der Waals surface area (Å²) in [6, 6.07) is 15.6. The zero-order valence-electron chi connectivity index (χ0n) is 12.7. The molecule has 1 amide bonds. The van der Waals surface area contributed by atoms with E-state index in [0.29, 0.717) is 11.4 Å². The Kier molecular flexibility index (Phi) is 4.21. The maximum absolute atomic E-state index is 11.5. The average molecular weight is 307 g/mol. The van der Waals surface area contributed by atoms with Crippen molar-refractivity contribution in [1.82, 2.24) is 5.16 Å². The third-order valence-corrected chi connectivity index (χ3v) is 3.64. The Balaban J connectivity index is 2.13. The number of rotatable bonds is 4. The molecule has 3 aromatic rings. The predicted molar refractivity (Wildman–Crippen MR) is 89.8 cm³/mol. The number of nitrogens with two attached hydrogens (primary N) is 1. The van der Waals surface area contributed by atoms with E-state index in [0.717, 1.165) is 22.3 Å². The smallest absolute Gasteiger partial charge is 0.238 e. The van der Waals surface area contributed by atoms with Gasteiger partial charge in [0.2, 0.25) is 5.91 Å². The van der Waals surface area contributed by atoms with Crippen molar-refractivity contribution in [2.24, 2.45) is 5.73 Å². The van der Waals surface area contributed by atoms with Crippen molar-refractivity contribution in [2.75, 3.05) is 11.9 Å². The molecule has 0 fully saturated rings. The summed E-state index contributed by atoms with van der Waals surface area (Å²) in [7, 11) is 0. The van der Waals surface area contributed by atoms with Crippen LogP contribution < -0.4 is 11.1 Å². The number of nitrogens with zero attached hydrogens (tertiary/aromatic N) is 1. The van der Waals surface area contributed by atoms with Gasteiger partial charge in [-0.3, -0.25) is 4.79 Å². The Morgan fingerprint density at radius 3 is 2.65 bits per heavy atom. The second-order valence-electron chi connectivity index (χ2n) is 5.21. The molecule has 23 heavy (non-hydrogen) atoms. The number of nitrogens with one attached hydrogen (secondary N) is 1. The summed E-state index contributed by atoms with van der Waals surface area (Å²) in [4.78, 5) is 11.5. The van der Waals surface area contributed by atoms with Crippen LogP contribution in [-0.4, -0.2) is 17.6 Å². The van der Waals surface area contributed by atoms with Crippen molar-refractivity contribution in [2.45, 2.75) is 6.92 Å². The Hall–Kier alpha value is -2.92. The van der Waals surface area contributed by atoms with Crippen molar-refractivity contribution in [3.05, 3.63) is 60.4 Å². The normalized spacial score (nSPS) is 10.5. The van der Waals surface area contributed by atoms with Crippen LogP contribution in [0, 0.1) is 6.92 Å². The lowest BCUT2D eigenvalue weighted by Crippen LogP contribution is -2.21. The molecule has 5 nitrogen and oxygen atoms in total. The van der Waals surface area contributed by atoms with Crippen LogP contribution in [-0.2, 0) is 4.79 Å². The van der Waals surface area contributed by atoms with Crippen molar-refractivity contribution < 1.29 is 9.32 Å². The topological polar surface area (TPSA) is 81.2 Å². The minimum absolute atomic E-state index is 0.0567. The molecule has 1 heterocycles. The van der Waals surface area contributed by atoms with E-state index in [1.165, 1.54) is 6.26 Å². The first-order valence-electron chi connectivity index (χ1n) is 7.30. The molecule has 0 radical (unpaired) electrons. The number of carbonyl (C=O) groups excluding carboxylic acids is 1. The van der Waals surface area contributed by atoms with E-state index >= 15 is 0 Å².